The van der Waals surface area contributed by atoms with Crippen LogP contribution in [0.2, 0.25) is 0 Å². The highest BCUT2D eigenvalue weighted by Gasteiger charge is 2.26. The van der Waals surface area contributed by atoms with Crippen LogP contribution in [-0.4, -0.2) is 26.7 Å². The summed E-state index contributed by atoms with van der Waals surface area (Å²) in [7, 11) is 1.95. The topological polar surface area (TPSA) is 17.8 Å². The molecule has 0 aliphatic carbocycles. The lowest BCUT2D eigenvalue weighted by Gasteiger charge is -2.09. The van der Waals surface area contributed by atoms with Gasteiger partial charge in [0, 0.05) is 24.4 Å². The van der Waals surface area contributed by atoms with Gasteiger partial charge in [-0.1, -0.05) is 0 Å². The zero-order valence-corrected chi connectivity index (χ0v) is 9.18. The van der Waals surface area contributed by atoms with Gasteiger partial charge >= 0.3 is 0 Å². The third-order valence-electron chi connectivity index (χ3n) is 2.36. The summed E-state index contributed by atoms with van der Waals surface area (Å²) < 4.78 is 1.85. The molecule has 1 fully saturated rings. The number of nitrogens with zero attached hydrogens (tertiary/aromatic N) is 2. The van der Waals surface area contributed by atoms with Gasteiger partial charge in [-0.2, -0.15) is 16.9 Å². The van der Waals surface area contributed by atoms with E-state index in [1.54, 1.807) is 0 Å². The van der Waals surface area contributed by atoms with Crippen LogP contribution in [0.15, 0.2) is 12.3 Å². The molecule has 0 amide bonds. The first-order valence-electron chi connectivity index (χ1n) is 4.46. The zero-order valence-electron chi connectivity index (χ0n) is 7.61. The number of hydrogen-bond donors (Lipinski definition) is 0. The van der Waals surface area contributed by atoms with Crippen molar-refractivity contribution in [2.75, 3.05) is 11.5 Å². The van der Waals surface area contributed by atoms with E-state index in [9.17, 15) is 0 Å². The van der Waals surface area contributed by atoms with Gasteiger partial charge in [-0.05, 0) is 24.2 Å². The van der Waals surface area contributed by atoms with Crippen LogP contribution in [0, 0.1) is 5.92 Å². The van der Waals surface area contributed by atoms with Gasteiger partial charge in [-0.3, -0.25) is 4.68 Å². The minimum atomic E-state index is 0.340. The quantitative estimate of drug-likeness (QED) is 0.704. The molecule has 72 valence electrons. The molecule has 1 aromatic heterocycles. The molecule has 0 spiro atoms. The van der Waals surface area contributed by atoms with Crippen molar-refractivity contribution in [1.82, 2.24) is 9.78 Å². The van der Waals surface area contributed by atoms with Gasteiger partial charge in [0.05, 0.1) is 5.69 Å². The summed E-state index contributed by atoms with van der Waals surface area (Å²) in [5.41, 5.74) is 1.17. The van der Waals surface area contributed by atoms with Crippen molar-refractivity contribution in [3.63, 3.8) is 0 Å². The standard InChI is InChI=1S/C9H13ClN2S/c1-12-3-2-8(11-12)4-7-5-13-6-9(7)10/h2-3,7,9H,4-6H2,1H3. The minimum absolute atomic E-state index is 0.340. The fourth-order valence-electron chi connectivity index (χ4n) is 1.60. The number of aryl methyl sites for hydroxylation is 1. The van der Waals surface area contributed by atoms with Crippen LogP contribution < -0.4 is 0 Å². The van der Waals surface area contributed by atoms with Crippen molar-refractivity contribution in [3.8, 4) is 0 Å². The molecule has 1 saturated heterocycles. The average Bonchev–Trinajstić information content (AvgIpc) is 2.64. The van der Waals surface area contributed by atoms with E-state index in [0.717, 1.165) is 12.2 Å². The lowest BCUT2D eigenvalue weighted by molar-refractivity contribution is 0.585. The zero-order chi connectivity index (χ0) is 9.26. The number of rotatable bonds is 2. The summed E-state index contributed by atoms with van der Waals surface area (Å²) in [6.07, 6.45) is 3.02. The Labute approximate surface area is 87.6 Å². The van der Waals surface area contributed by atoms with Gasteiger partial charge in [0.25, 0.3) is 0 Å². The van der Waals surface area contributed by atoms with Crippen LogP contribution in [-0.2, 0) is 13.5 Å². The molecule has 0 bridgehead atoms. The molecule has 0 N–H and O–H groups in total. The van der Waals surface area contributed by atoms with E-state index in [-0.39, 0.29) is 0 Å². The highest BCUT2D eigenvalue weighted by molar-refractivity contribution is 7.99. The Morgan fingerprint density at radius 2 is 2.54 bits per heavy atom. The van der Waals surface area contributed by atoms with Crippen molar-refractivity contribution >= 4 is 23.4 Å². The number of aromatic nitrogens is 2. The first-order chi connectivity index (χ1) is 6.25. The van der Waals surface area contributed by atoms with Crippen molar-refractivity contribution in [2.24, 2.45) is 13.0 Å². The summed E-state index contributed by atoms with van der Waals surface area (Å²) in [5, 5.41) is 4.70. The molecule has 2 rings (SSSR count). The van der Waals surface area contributed by atoms with Gasteiger partial charge in [-0.25, -0.2) is 0 Å². The largest absolute Gasteiger partial charge is 0.276 e. The highest BCUT2D eigenvalue weighted by atomic mass is 35.5. The molecular formula is C9H13ClN2S. The summed E-state index contributed by atoms with van der Waals surface area (Å²) in [5.74, 6) is 2.89. The monoisotopic (exact) mass is 216 g/mol. The lowest BCUT2D eigenvalue weighted by Crippen LogP contribution is -2.15. The maximum Gasteiger partial charge on any atom is 0.0628 e. The lowest BCUT2D eigenvalue weighted by atomic mass is 10.0. The summed E-state index contributed by atoms with van der Waals surface area (Å²) in [6.45, 7) is 0. The SMILES string of the molecule is Cn1ccc(CC2CSCC2Cl)n1. The molecule has 0 saturated carbocycles. The number of alkyl halides is 1. The molecule has 13 heavy (non-hydrogen) atoms. The Bertz CT molecular complexity index is 287. The van der Waals surface area contributed by atoms with E-state index in [1.165, 1.54) is 11.4 Å². The maximum absolute atomic E-state index is 6.18. The summed E-state index contributed by atoms with van der Waals surface area (Å²) in [4.78, 5) is 0. The van der Waals surface area contributed by atoms with Gasteiger partial charge in [0.15, 0.2) is 0 Å². The molecule has 2 heterocycles. The van der Waals surface area contributed by atoms with Gasteiger partial charge in [0.1, 0.15) is 0 Å². The van der Waals surface area contributed by atoms with Gasteiger partial charge in [-0.15, -0.1) is 11.6 Å². The molecule has 2 atom stereocenters. The summed E-state index contributed by atoms with van der Waals surface area (Å²) >= 11 is 8.13. The van der Waals surface area contributed by atoms with Gasteiger partial charge < -0.3 is 0 Å². The van der Waals surface area contributed by atoms with Crippen LogP contribution in [0.25, 0.3) is 0 Å². The van der Waals surface area contributed by atoms with Crippen molar-refractivity contribution in [1.29, 1.82) is 0 Å². The predicted octanol–water partition coefficient (Wildman–Crippen LogP) is 1.93. The smallest absolute Gasteiger partial charge is 0.0628 e. The van der Waals surface area contributed by atoms with E-state index in [2.05, 4.69) is 11.2 Å². The van der Waals surface area contributed by atoms with Crippen LogP contribution in [0.3, 0.4) is 0 Å². The van der Waals surface area contributed by atoms with Crippen molar-refractivity contribution < 1.29 is 0 Å². The molecule has 1 aliphatic rings. The van der Waals surface area contributed by atoms with Gasteiger partial charge in [0.2, 0.25) is 0 Å². The van der Waals surface area contributed by atoms with Crippen LogP contribution in [0.1, 0.15) is 5.69 Å². The van der Waals surface area contributed by atoms with E-state index in [4.69, 9.17) is 11.6 Å². The summed E-state index contributed by atoms with van der Waals surface area (Å²) in [6, 6.07) is 2.08. The van der Waals surface area contributed by atoms with Crippen molar-refractivity contribution in [2.45, 2.75) is 11.8 Å². The Morgan fingerprint density at radius 1 is 1.69 bits per heavy atom. The molecule has 4 heteroatoms. The Morgan fingerprint density at radius 3 is 3.08 bits per heavy atom. The average molecular weight is 217 g/mol. The number of hydrogen-bond acceptors (Lipinski definition) is 2. The fourth-order valence-corrected chi connectivity index (χ4v) is 3.44. The second-order valence-electron chi connectivity index (χ2n) is 3.50. The van der Waals surface area contributed by atoms with E-state index in [1.807, 2.05) is 29.7 Å². The first kappa shape index (κ1) is 9.41. The Kier molecular flexibility index (Phi) is 2.84. The second-order valence-corrected chi connectivity index (χ2v) is 5.13. The minimum Gasteiger partial charge on any atom is -0.276 e. The van der Waals surface area contributed by atoms with Crippen LogP contribution in [0.4, 0.5) is 0 Å². The van der Waals surface area contributed by atoms with Crippen molar-refractivity contribution in [3.05, 3.63) is 18.0 Å². The highest BCUT2D eigenvalue weighted by Crippen LogP contribution is 2.30. The fraction of sp³-hybridized carbons (Fsp3) is 0.667. The predicted molar refractivity (Wildman–Crippen MR) is 57.4 cm³/mol. The normalized spacial score (nSPS) is 28.2. The van der Waals surface area contributed by atoms with E-state index in [0.29, 0.717) is 11.3 Å². The van der Waals surface area contributed by atoms with Crippen LogP contribution in [0.5, 0.6) is 0 Å². The Balaban J connectivity index is 1.97. The molecule has 2 nitrogen and oxygen atoms in total. The molecule has 1 aromatic rings. The Hall–Kier alpha value is -0.150. The molecule has 1 aliphatic heterocycles. The second kappa shape index (κ2) is 3.93. The first-order valence-corrected chi connectivity index (χ1v) is 6.05. The number of thioether (sulfide) groups is 1. The molecular weight excluding hydrogens is 204 g/mol. The third-order valence-corrected chi connectivity index (χ3v) is 4.31. The molecule has 0 radical (unpaired) electrons. The third kappa shape index (κ3) is 2.20. The molecule has 2 unspecified atom stereocenters. The maximum atomic E-state index is 6.18. The van der Waals surface area contributed by atoms with Crippen LogP contribution >= 0.6 is 23.4 Å². The number of halogens is 1. The van der Waals surface area contributed by atoms with E-state index >= 15 is 0 Å². The van der Waals surface area contributed by atoms with E-state index < -0.39 is 0 Å². The molecule has 0 aromatic carbocycles.